The van der Waals surface area contributed by atoms with E-state index in [9.17, 15) is 38.4 Å². The van der Waals surface area contributed by atoms with Crippen molar-refractivity contribution in [3.63, 3.8) is 0 Å². The van der Waals surface area contributed by atoms with Gasteiger partial charge in [0.15, 0.2) is 26.4 Å². The van der Waals surface area contributed by atoms with Crippen molar-refractivity contribution in [3.8, 4) is 0 Å². The molecule has 0 radical (unpaired) electrons. The lowest BCUT2D eigenvalue weighted by molar-refractivity contribution is -0.174. The van der Waals surface area contributed by atoms with E-state index >= 15 is 0 Å². The van der Waals surface area contributed by atoms with Crippen LogP contribution in [0.25, 0.3) is 0 Å². The number of ether oxygens (including phenoxy) is 8. The molecular formula is C41H40N4O16. The molecule has 0 atom stereocenters. The second-order valence-electron chi connectivity index (χ2n) is 12.9. The molecule has 0 bridgehead atoms. The van der Waals surface area contributed by atoms with E-state index in [2.05, 4.69) is 0 Å². The third-order valence-electron chi connectivity index (χ3n) is 8.03. The second kappa shape index (κ2) is 22.1. The Bertz CT molecular complexity index is 1880. The Kier molecular flexibility index (Phi) is 16.5. The molecule has 0 aliphatic carbocycles. The number of carbonyl (C=O) groups excluding carboxylic acids is 8. The van der Waals surface area contributed by atoms with Gasteiger partial charge in [0.25, 0.3) is 0 Å². The molecule has 0 aromatic heterocycles. The first-order chi connectivity index (χ1) is 29.1. The lowest BCUT2D eigenvalue weighted by atomic mass is 9.92. The van der Waals surface area contributed by atoms with E-state index in [1.807, 2.05) is 0 Å². The lowest BCUT2D eigenvalue weighted by Gasteiger charge is -2.31. The molecule has 4 rings (SSSR count). The topological polar surface area (TPSA) is 314 Å². The molecule has 0 amide bonds. The van der Waals surface area contributed by atoms with Gasteiger partial charge in [-0.1, -0.05) is 0 Å². The summed E-state index contributed by atoms with van der Waals surface area (Å²) in [5, 5.41) is 0. The van der Waals surface area contributed by atoms with Gasteiger partial charge in [0.1, 0.15) is 31.8 Å². The van der Waals surface area contributed by atoms with Crippen molar-refractivity contribution in [1.29, 1.82) is 0 Å². The van der Waals surface area contributed by atoms with Crippen molar-refractivity contribution in [1.82, 2.24) is 0 Å². The predicted octanol–water partition coefficient (Wildman–Crippen LogP) is 1.90. The minimum atomic E-state index is -1.96. The largest absolute Gasteiger partial charge is 0.462 e. The van der Waals surface area contributed by atoms with Gasteiger partial charge in [0.2, 0.25) is 0 Å². The highest BCUT2D eigenvalue weighted by Gasteiger charge is 2.38. The van der Waals surface area contributed by atoms with Crippen LogP contribution >= 0.6 is 0 Å². The fraction of sp³-hybridized carbons (Fsp3) is 0.220. The van der Waals surface area contributed by atoms with Gasteiger partial charge in [-0.15, -0.1) is 0 Å². The molecule has 0 saturated carbocycles. The summed E-state index contributed by atoms with van der Waals surface area (Å²) in [6.45, 7) is -7.10. The van der Waals surface area contributed by atoms with Crippen molar-refractivity contribution >= 4 is 70.5 Å². The first-order valence-electron chi connectivity index (χ1n) is 17.8. The molecule has 20 nitrogen and oxygen atoms in total. The number of carbonyl (C=O) groups is 8. The number of nitrogens with two attached hydrogens (primary N) is 4. The molecule has 4 aromatic rings. The third-order valence-corrected chi connectivity index (χ3v) is 8.03. The predicted molar refractivity (Wildman–Crippen MR) is 211 cm³/mol. The molecule has 0 saturated heterocycles. The fourth-order valence-corrected chi connectivity index (χ4v) is 4.66. The monoisotopic (exact) mass is 844 g/mol. The van der Waals surface area contributed by atoms with Gasteiger partial charge >= 0.3 is 47.8 Å². The van der Waals surface area contributed by atoms with Crippen molar-refractivity contribution < 1.29 is 76.3 Å². The SMILES string of the molecule is Nc1ccc(C(=O)OCC(=O)OCC(COC(=O)COC(=O)c2ccc(N)cc2)(COC(=O)COC(=O)c2ccc(N)cc2)COC(=O)COC(=O)c2ccc(N)cc2)cc1. The second-order valence-corrected chi connectivity index (χ2v) is 12.9. The van der Waals surface area contributed by atoms with Crippen LogP contribution in [-0.2, 0) is 57.1 Å². The molecule has 0 aliphatic heterocycles. The number of rotatable bonds is 20. The highest BCUT2D eigenvalue weighted by molar-refractivity contribution is 5.93. The minimum absolute atomic E-state index is 0.0633. The Labute approximate surface area is 346 Å². The molecule has 0 aliphatic rings. The van der Waals surface area contributed by atoms with E-state index in [1.54, 1.807) is 0 Å². The average Bonchev–Trinajstić information content (AvgIpc) is 3.26. The Morgan fingerprint density at radius 3 is 0.672 bits per heavy atom. The Morgan fingerprint density at radius 1 is 0.311 bits per heavy atom. The van der Waals surface area contributed by atoms with Crippen molar-refractivity contribution in [2.24, 2.45) is 5.41 Å². The van der Waals surface area contributed by atoms with Gasteiger partial charge in [-0.2, -0.15) is 0 Å². The number of anilines is 4. The van der Waals surface area contributed by atoms with Crippen LogP contribution in [0.5, 0.6) is 0 Å². The summed E-state index contributed by atoms with van der Waals surface area (Å²) in [6.07, 6.45) is 0. The van der Waals surface area contributed by atoms with Gasteiger partial charge in [0, 0.05) is 22.7 Å². The van der Waals surface area contributed by atoms with Crippen LogP contribution in [0.1, 0.15) is 41.4 Å². The normalized spacial score (nSPS) is 10.6. The molecule has 20 heteroatoms. The zero-order valence-electron chi connectivity index (χ0n) is 32.2. The Hall–Kier alpha value is -8.16. The van der Waals surface area contributed by atoms with Crippen LogP contribution < -0.4 is 22.9 Å². The van der Waals surface area contributed by atoms with Crippen LogP contribution in [0.3, 0.4) is 0 Å². The number of hydrogen-bond donors (Lipinski definition) is 4. The molecule has 320 valence electrons. The molecule has 4 aromatic carbocycles. The van der Waals surface area contributed by atoms with Gasteiger partial charge in [-0.25, -0.2) is 38.4 Å². The molecule has 0 spiro atoms. The maximum absolute atomic E-state index is 12.9. The summed E-state index contributed by atoms with van der Waals surface area (Å²) in [5.41, 5.74) is 22.3. The number of nitrogen functional groups attached to an aromatic ring is 4. The summed E-state index contributed by atoms with van der Waals surface area (Å²) in [4.78, 5) is 101. The number of esters is 8. The quantitative estimate of drug-likeness (QED) is 0.0561. The number of benzene rings is 4. The van der Waals surface area contributed by atoms with Gasteiger partial charge < -0.3 is 60.8 Å². The summed E-state index contributed by atoms with van der Waals surface area (Å²) < 4.78 is 41.3. The highest BCUT2D eigenvalue weighted by Crippen LogP contribution is 2.22. The standard InChI is InChI=1S/C41H40N4O16/c42-29-9-1-25(2-10-29)37(50)54-17-33(46)58-21-41(22-59-34(47)18-55-38(51)26-3-11-30(43)12-4-26,23-60-35(48)19-56-39(52)27-5-13-31(44)14-6-27)24-61-36(49)20-57-40(53)28-7-15-32(45)16-8-28/h1-16H,17-24,42-45H2. The zero-order chi connectivity index (χ0) is 44.4. The van der Waals surface area contributed by atoms with Gasteiger partial charge in [-0.05, 0) is 97.1 Å². The van der Waals surface area contributed by atoms with E-state index < -0.39 is 106 Å². The Balaban J connectivity index is 1.48. The molecule has 0 fully saturated rings. The van der Waals surface area contributed by atoms with E-state index in [4.69, 9.17) is 60.8 Å². The van der Waals surface area contributed by atoms with E-state index in [-0.39, 0.29) is 22.3 Å². The van der Waals surface area contributed by atoms with Gasteiger partial charge in [0.05, 0.1) is 22.3 Å². The van der Waals surface area contributed by atoms with Crippen LogP contribution in [0.4, 0.5) is 22.7 Å². The molecular weight excluding hydrogens is 804 g/mol. The smallest absolute Gasteiger partial charge is 0.344 e. The van der Waals surface area contributed by atoms with Crippen molar-refractivity contribution in [2.45, 2.75) is 0 Å². The van der Waals surface area contributed by atoms with Crippen LogP contribution in [0.2, 0.25) is 0 Å². The molecule has 8 N–H and O–H groups in total. The van der Waals surface area contributed by atoms with Crippen molar-refractivity contribution in [2.75, 3.05) is 75.8 Å². The fourth-order valence-electron chi connectivity index (χ4n) is 4.66. The first-order valence-corrected chi connectivity index (χ1v) is 17.8. The van der Waals surface area contributed by atoms with E-state index in [1.165, 1.54) is 97.1 Å². The molecule has 61 heavy (non-hydrogen) atoms. The summed E-state index contributed by atoms with van der Waals surface area (Å²) in [6, 6.07) is 22.3. The molecule has 0 unspecified atom stereocenters. The van der Waals surface area contributed by atoms with Crippen LogP contribution in [-0.4, -0.2) is 101 Å². The summed E-state index contributed by atoms with van der Waals surface area (Å²) >= 11 is 0. The first kappa shape index (κ1) is 45.5. The number of hydrogen-bond acceptors (Lipinski definition) is 20. The van der Waals surface area contributed by atoms with Crippen LogP contribution in [0, 0.1) is 5.41 Å². The maximum Gasteiger partial charge on any atom is 0.344 e. The molecule has 0 heterocycles. The third kappa shape index (κ3) is 15.3. The maximum atomic E-state index is 12.9. The van der Waals surface area contributed by atoms with Gasteiger partial charge in [-0.3, -0.25) is 0 Å². The summed E-state index contributed by atoms with van der Waals surface area (Å²) in [7, 11) is 0. The summed E-state index contributed by atoms with van der Waals surface area (Å²) in [5.74, 6) is -8.22. The van der Waals surface area contributed by atoms with E-state index in [0.29, 0.717) is 22.7 Å². The highest BCUT2D eigenvalue weighted by atomic mass is 16.6. The van der Waals surface area contributed by atoms with Crippen LogP contribution in [0.15, 0.2) is 97.1 Å². The average molecular weight is 845 g/mol. The zero-order valence-corrected chi connectivity index (χ0v) is 32.2. The van der Waals surface area contributed by atoms with Crippen molar-refractivity contribution in [3.05, 3.63) is 119 Å². The lowest BCUT2D eigenvalue weighted by Crippen LogP contribution is -2.45. The Morgan fingerprint density at radius 2 is 0.492 bits per heavy atom. The minimum Gasteiger partial charge on any atom is -0.462 e. The van der Waals surface area contributed by atoms with E-state index in [0.717, 1.165) is 0 Å².